The van der Waals surface area contributed by atoms with Gasteiger partial charge < -0.3 is 9.50 Å². The lowest BCUT2D eigenvalue weighted by molar-refractivity contribution is -0.112. The zero-order valence-corrected chi connectivity index (χ0v) is 20.6. The third kappa shape index (κ3) is 6.09. The molecule has 0 spiro atoms. The highest BCUT2D eigenvalue weighted by molar-refractivity contribution is 9.10. The molecular weight excluding hydrogens is 504 g/mol. The second-order valence-corrected chi connectivity index (χ2v) is 9.86. The maximum Gasteiger partial charge on any atom is 0.339 e. The first-order valence-corrected chi connectivity index (χ1v) is 12.1. The standard InChI is InChI=1S/C25H21BrN2O4S/c1-16-4-9-22(10-5-16)33(30,31)32-24-11-7-19(14-23(24)26)13-20(15-27)25(29)28-21-8-6-17(2)18(3)12-21/h4-14H,1-3H3,(H,28,29)/b20-13+. The van der Waals surface area contributed by atoms with E-state index in [4.69, 9.17) is 4.18 Å². The average Bonchev–Trinajstić information content (AvgIpc) is 2.76. The van der Waals surface area contributed by atoms with Crippen molar-refractivity contribution in [3.8, 4) is 11.8 Å². The molecule has 0 fully saturated rings. The zero-order valence-electron chi connectivity index (χ0n) is 18.2. The lowest BCUT2D eigenvalue weighted by Crippen LogP contribution is -2.13. The van der Waals surface area contributed by atoms with Crippen LogP contribution in [0.5, 0.6) is 5.75 Å². The minimum Gasteiger partial charge on any atom is -0.378 e. The first-order chi connectivity index (χ1) is 15.6. The highest BCUT2D eigenvalue weighted by Crippen LogP contribution is 2.30. The molecule has 0 aliphatic heterocycles. The summed E-state index contributed by atoms with van der Waals surface area (Å²) in [5.74, 6) is -0.454. The first-order valence-electron chi connectivity index (χ1n) is 9.90. The Balaban J connectivity index is 1.80. The largest absolute Gasteiger partial charge is 0.378 e. The van der Waals surface area contributed by atoms with Crippen LogP contribution in [-0.2, 0) is 14.9 Å². The van der Waals surface area contributed by atoms with Gasteiger partial charge in [-0.25, -0.2) is 0 Å². The van der Waals surface area contributed by atoms with Crippen molar-refractivity contribution in [2.45, 2.75) is 25.7 Å². The number of aryl methyl sites for hydroxylation is 3. The zero-order chi connectivity index (χ0) is 24.2. The monoisotopic (exact) mass is 524 g/mol. The molecule has 168 valence electrons. The number of benzene rings is 3. The van der Waals surface area contributed by atoms with Gasteiger partial charge in [0.1, 0.15) is 16.5 Å². The van der Waals surface area contributed by atoms with Crippen molar-refractivity contribution < 1.29 is 17.4 Å². The third-order valence-corrected chi connectivity index (χ3v) is 6.77. The Kier molecular flexibility index (Phi) is 7.36. The fourth-order valence-electron chi connectivity index (χ4n) is 2.88. The summed E-state index contributed by atoms with van der Waals surface area (Å²) in [7, 11) is -4.01. The molecule has 0 atom stereocenters. The van der Waals surface area contributed by atoms with Crippen LogP contribution in [0.25, 0.3) is 6.08 Å². The molecule has 0 aromatic heterocycles. The smallest absolute Gasteiger partial charge is 0.339 e. The molecule has 0 aliphatic carbocycles. The Hall–Kier alpha value is -3.41. The van der Waals surface area contributed by atoms with E-state index in [1.165, 1.54) is 24.3 Å². The van der Waals surface area contributed by atoms with Gasteiger partial charge in [0, 0.05) is 5.69 Å². The molecule has 6 nitrogen and oxygen atoms in total. The molecule has 3 aromatic rings. The van der Waals surface area contributed by atoms with Gasteiger partial charge in [-0.15, -0.1) is 0 Å². The predicted octanol–water partition coefficient (Wildman–Crippen LogP) is 5.69. The van der Waals surface area contributed by atoms with Crippen LogP contribution in [0.15, 0.2) is 75.6 Å². The molecule has 3 aromatic carbocycles. The summed E-state index contributed by atoms with van der Waals surface area (Å²) in [5.41, 5.74) is 4.07. The Morgan fingerprint density at radius 1 is 1.00 bits per heavy atom. The van der Waals surface area contributed by atoms with Gasteiger partial charge in [0.2, 0.25) is 0 Å². The van der Waals surface area contributed by atoms with E-state index in [1.807, 2.05) is 39.0 Å². The number of amides is 1. The minimum absolute atomic E-state index is 0.0405. The Bertz CT molecular complexity index is 1390. The summed E-state index contributed by atoms with van der Waals surface area (Å²) < 4.78 is 30.7. The quantitative estimate of drug-likeness (QED) is 0.254. The number of nitrogens with one attached hydrogen (secondary N) is 1. The molecule has 3 rings (SSSR count). The second kappa shape index (κ2) is 10.0. The molecule has 0 unspecified atom stereocenters. The molecular formula is C25H21BrN2O4S. The minimum atomic E-state index is -4.01. The molecule has 1 amide bonds. The molecule has 0 saturated heterocycles. The van der Waals surface area contributed by atoms with E-state index in [0.717, 1.165) is 16.7 Å². The number of anilines is 1. The summed E-state index contributed by atoms with van der Waals surface area (Å²) in [5, 5.41) is 12.2. The highest BCUT2D eigenvalue weighted by Gasteiger charge is 2.18. The van der Waals surface area contributed by atoms with Gasteiger partial charge in [0.15, 0.2) is 5.75 Å². The van der Waals surface area contributed by atoms with E-state index in [-0.39, 0.29) is 16.2 Å². The van der Waals surface area contributed by atoms with Crippen molar-refractivity contribution in [1.29, 1.82) is 5.26 Å². The van der Waals surface area contributed by atoms with E-state index in [0.29, 0.717) is 15.7 Å². The molecule has 8 heteroatoms. The van der Waals surface area contributed by atoms with E-state index in [2.05, 4.69) is 21.2 Å². The van der Waals surface area contributed by atoms with Crippen LogP contribution in [-0.4, -0.2) is 14.3 Å². The predicted molar refractivity (Wildman–Crippen MR) is 131 cm³/mol. The number of nitriles is 1. The van der Waals surface area contributed by atoms with E-state index < -0.39 is 16.0 Å². The normalized spacial score (nSPS) is 11.5. The van der Waals surface area contributed by atoms with Gasteiger partial charge in [-0.1, -0.05) is 29.8 Å². The molecule has 33 heavy (non-hydrogen) atoms. The Labute approximate surface area is 201 Å². The molecule has 0 radical (unpaired) electrons. The Morgan fingerprint density at radius 3 is 2.30 bits per heavy atom. The number of halogens is 1. The van der Waals surface area contributed by atoms with Crippen LogP contribution in [0.2, 0.25) is 0 Å². The van der Waals surface area contributed by atoms with Crippen LogP contribution in [0.1, 0.15) is 22.3 Å². The highest BCUT2D eigenvalue weighted by atomic mass is 79.9. The average molecular weight is 525 g/mol. The maximum absolute atomic E-state index is 12.5. The lowest BCUT2D eigenvalue weighted by atomic mass is 10.1. The summed E-state index contributed by atoms with van der Waals surface area (Å²) >= 11 is 3.30. The van der Waals surface area contributed by atoms with E-state index in [1.54, 1.807) is 30.3 Å². The molecule has 0 bridgehead atoms. The molecule has 0 aliphatic rings. The maximum atomic E-state index is 12.5. The van der Waals surface area contributed by atoms with Crippen LogP contribution in [0.4, 0.5) is 5.69 Å². The number of hydrogen-bond donors (Lipinski definition) is 1. The van der Waals surface area contributed by atoms with Crippen molar-refractivity contribution in [3.05, 3.63) is 93.0 Å². The summed E-state index contributed by atoms with van der Waals surface area (Å²) in [4.78, 5) is 12.6. The molecule has 0 heterocycles. The van der Waals surface area contributed by atoms with Gasteiger partial charge in [-0.2, -0.15) is 13.7 Å². The molecule has 0 saturated carbocycles. The number of rotatable bonds is 6. The Morgan fingerprint density at radius 2 is 1.70 bits per heavy atom. The fraction of sp³-hybridized carbons (Fsp3) is 0.120. The van der Waals surface area contributed by atoms with Crippen molar-refractivity contribution in [2.75, 3.05) is 5.32 Å². The number of hydrogen-bond acceptors (Lipinski definition) is 5. The van der Waals surface area contributed by atoms with E-state index in [9.17, 15) is 18.5 Å². The van der Waals surface area contributed by atoms with Gasteiger partial charge >= 0.3 is 10.1 Å². The summed E-state index contributed by atoms with van der Waals surface area (Å²) in [6.07, 6.45) is 1.42. The second-order valence-electron chi connectivity index (χ2n) is 7.46. The van der Waals surface area contributed by atoms with Crippen molar-refractivity contribution in [3.63, 3.8) is 0 Å². The van der Waals surface area contributed by atoms with Crippen molar-refractivity contribution in [1.82, 2.24) is 0 Å². The van der Waals surface area contributed by atoms with Gasteiger partial charge in [-0.3, -0.25) is 4.79 Å². The SMILES string of the molecule is Cc1ccc(S(=O)(=O)Oc2ccc(/C=C(\C#N)C(=O)Nc3ccc(C)c(C)c3)cc2Br)cc1. The number of carbonyl (C=O) groups is 1. The van der Waals surface area contributed by atoms with Crippen LogP contribution in [0, 0.1) is 32.1 Å². The summed E-state index contributed by atoms with van der Waals surface area (Å²) in [6.45, 7) is 5.77. The van der Waals surface area contributed by atoms with Gasteiger partial charge in [0.05, 0.1) is 4.47 Å². The topological polar surface area (TPSA) is 96.3 Å². The van der Waals surface area contributed by atoms with Crippen LogP contribution in [0.3, 0.4) is 0 Å². The van der Waals surface area contributed by atoms with Crippen LogP contribution < -0.4 is 9.50 Å². The third-order valence-electron chi connectivity index (χ3n) is 4.91. The van der Waals surface area contributed by atoms with E-state index >= 15 is 0 Å². The lowest BCUT2D eigenvalue weighted by Gasteiger charge is -2.10. The van der Waals surface area contributed by atoms with Gasteiger partial charge in [-0.05, 0) is 95.9 Å². The summed E-state index contributed by atoms with van der Waals surface area (Å²) in [6, 6.07) is 18.3. The molecule has 1 N–H and O–H groups in total. The fourth-order valence-corrected chi connectivity index (χ4v) is 4.41. The van der Waals surface area contributed by atoms with Crippen molar-refractivity contribution in [2.24, 2.45) is 0 Å². The first kappa shape index (κ1) is 24.2. The number of carbonyl (C=O) groups excluding carboxylic acids is 1. The number of nitrogens with zero attached hydrogens (tertiary/aromatic N) is 1. The van der Waals surface area contributed by atoms with Crippen molar-refractivity contribution >= 4 is 43.7 Å². The van der Waals surface area contributed by atoms with Gasteiger partial charge in [0.25, 0.3) is 5.91 Å². The van der Waals surface area contributed by atoms with Crippen LogP contribution >= 0.6 is 15.9 Å².